The van der Waals surface area contributed by atoms with Gasteiger partial charge in [0, 0.05) is 12.5 Å². The molecule has 0 aliphatic heterocycles. The molecule has 0 aliphatic rings. The lowest BCUT2D eigenvalue weighted by atomic mass is 10.1. The number of benzene rings is 1. The van der Waals surface area contributed by atoms with E-state index >= 15 is 0 Å². The SMILES string of the molecule is CC(=O)NCC#Cc1ccc(CO)cc1C. The third kappa shape index (κ3) is 3.76. The van der Waals surface area contributed by atoms with Gasteiger partial charge in [-0.25, -0.2) is 0 Å². The van der Waals surface area contributed by atoms with Crippen molar-refractivity contribution in [1.82, 2.24) is 5.32 Å². The minimum atomic E-state index is -0.0818. The first-order chi connectivity index (χ1) is 7.63. The molecule has 0 fully saturated rings. The van der Waals surface area contributed by atoms with Gasteiger partial charge in [0.1, 0.15) is 0 Å². The molecule has 0 saturated carbocycles. The van der Waals surface area contributed by atoms with Gasteiger partial charge in [0.2, 0.25) is 5.91 Å². The van der Waals surface area contributed by atoms with Crippen LogP contribution in [0.25, 0.3) is 0 Å². The highest BCUT2D eigenvalue weighted by Crippen LogP contribution is 2.09. The average Bonchev–Trinajstić information content (AvgIpc) is 2.25. The number of hydrogen-bond donors (Lipinski definition) is 2. The summed E-state index contributed by atoms with van der Waals surface area (Å²) in [6.45, 7) is 3.81. The third-order valence-electron chi connectivity index (χ3n) is 2.12. The van der Waals surface area contributed by atoms with Crippen LogP contribution in [0.2, 0.25) is 0 Å². The fourth-order valence-corrected chi connectivity index (χ4v) is 1.27. The summed E-state index contributed by atoms with van der Waals surface area (Å²) in [6, 6.07) is 5.62. The second-order valence-corrected chi connectivity index (χ2v) is 3.52. The van der Waals surface area contributed by atoms with Crippen molar-refractivity contribution in [1.29, 1.82) is 0 Å². The van der Waals surface area contributed by atoms with Gasteiger partial charge in [-0.3, -0.25) is 4.79 Å². The molecule has 1 aromatic rings. The van der Waals surface area contributed by atoms with Crippen molar-refractivity contribution < 1.29 is 9.90 Å². The Morgan fingerprint density at radius 2 is 2.25 bits per heavy atom. The number of amides is 1. The summed E-state index contributed by atoms with van der Waals surface area (Å²) < 4.78 is 0. The molecule has 0 aromatic heterocycles. The Morgan fingerprint density at radius 1 is 1.50 bits per heavy atom. The number of aryl methyl sites for hydroxylation is 1. The van der Waals surface area contributed by atoms with Crippen molar-refractivity contribution in [3.8, 4) is 11.8 Å². The maximum absolute atomic E-state index is 10.6. The lowest BCUT2D eigenvalue weighted by molar-refractivity contribution is -0.118. The quantitative estimate of drug-likeness (QED) is 0.725. The van der Waals surface area contributed by atoms with E-state index in [1.54, 1.807) is 0 Å². The van der Waals surface area contributed by atoms with Gasteiger partial charge in [-0.05, 0) is 24.1 Å². The molecule has 0 aliphatic carbocycles. The Morgan fingerprint density at radius 3 is 2.81 bits per heavy atom. The molecule has 1 rings (SSSR count). The first-order valence-corrected chi connectivity index (χ1v) is 5.07. The zero-order chi connectivity index (χ0) is 12.0. The van der Waals surface area contributed by atoms with Crippen molar-refractivity contribution in [2.24, 2.45) is 0 Å². The molecular formula is C13H15NO2. The Bertz CT molecular complexity index is 441. The molecule has 0 radical (unpaired) electrons. The molecule has 0 atom stereocenters. The molecule has 0 unspecified atom stereocenters. The molecular weight excluding hydrogens is 202 g/mol. The van der Waals surface area contributed by atoms with Gasteiger partial charge in [-0.15, -0.1) is 0 Å². The van der Waals surface area contributed by atoms with E-state index in [1.807, 2.05) is 25.1 Å². The van der Waals surface area contributed by atoms with Gasteiger partial charge in [-0.2, -0.15) is 0 Å². The lowest BCUT2D eigenvalue weighted by Crippen LogP contribution is -2.19. The zero-order valence-electron chi connectivity index (χ0n) is 9.50. The van der Waals surface area contributed by atoms with E-state index in [9.17, 15) is 4.79 Å². The summed E-state index contributed by atoms with van der Waals surface area (Å²) in [5, 5.41) is 11.5. The van der Waals surface area contributed by atoms with Crippen LogP contribution in [0.15, 0.2) is 18.2 Å². The van der Waals surface area contributed by atoms with Gasteiger partial charge >= 0.3 is 0 Å². The molecule has 1 aromatic carbocycles. The average molecular weight is 217 g/mol. The van der Waals surface area contributed by atoms with Crippen LogP contribution in [0.3, 0.4) is 0 Å². The van der Waals surface area contributed by atoms with Crippen LogP contribution >= 0.6 is 0 Å². The van der Waals surface area contributed by atoms with E-state index in [1.165, 1.54) is 6.92 Å². The summed E-state index contributed by atoms with van der Waals surface area (Å²) in [7, 11) is 0. The van der Waals surface area contributed by atoms with Crippen LogP contribution in [-0.2, 0) is 11.4 Å². The van der Waals surface area contributed by atoms with Crippen LogP contribution < -0.4 is 5.32 Å². The van der Waals surface area contributed by atoms with Crippen molar-refractivity contribution >= 4 is 5.91 Å². The highest BCUT2D eigenvalue weighted by Gasteiger charge is 1.96. The number of aliphatic hydroxyl groups is 1. The Balaban J connectivity index is 2.70. The van der Waals surface area contributed by atoms with Crippen molar-refractivity contribution in [2.75, 3.05) is 6.54 Å². The number of nitrogens with one attached hydrogen (secondary N) is 1. The molecule has 84 valence electrons. The predicted molar refractivity (Wildman–Crippen MR) is 62.7 cm³/mol. The van der Waals surface area contributed by atoms with Crippen LogP contribution in [0.5, 0.6) is 0 Å². The fourth-order valence-electron chi connectivity index (χ4n) is 1.27. The van der Waals surface area contributed by atoms with E-state index < -0.39 is 0 Å². The topological polar surface area (TPSA) is 49.3 Å². The van der Waals surface area contributed by atoms with Crippen molar-refractivity contribution in [3.05, 3.63) is 34.9 Å². The van der Waals surface area contributed by atoms with Gasteiger partial charge in [0.25, 0.3) is 0 Å². The smallest absolute Gasteiger partial charge is 0.217 e. The minimum absolute atomic E-state index is 0.0421. The second kappa shape index (κ2) is 5.94. The number of aliphatic hydroxyl groups excluding tert-OH is 1. The normalized spacial score (nSPS) is 9.19. The first-order valence-electron chi connectivity index (χ1n) is 5.07. The second-order valence-electron chi connectivity index (χ2n) is 3.52. The van der Waals surface area contributed by atoms with Gasteiger partial charge in [0.05, 0.1) is 13.2 Å². The molecule has 0 heterocycles. The Labute approximate surface area is 95.5 Å². The number of hydrogen-bond acceptors (Lipinski definition) is 2. The summed E-state index contributed by atoms with van der Waals surface area (Å²) in [5.74, 6) is 5.76. The molecule has 0 saturated heterocycles. The third-order valence-corrected chi connectivity index (χ3v) is 2.12. The first kappa shape index (κ1) is 12.3. The fraction of sp³-hybridized carbons (Fsp3) is 0.308. The maximum atomic E-state index is 10.6. The van der Waals surface area contributed by atoms with Gasteiger partial charge in [0.15, 0.2) is 0 Å². The van der Waals surface area contributed by atoms with Crippen LogP contribution in [0.1, 0.15) is 23.6 Å². The zero-order valence-corrected chi connectivity index (χ0v) is 9.50. The van der Waals surface area contributed by atoms with E-state index in [2.05, 4.69) is 17.2 Å². The van der Waals surface area contributed by atoms with Crippen molar-refractivity contribution in [2.45, 2.75) is 20.5 Å². The molecule has 2 N–H and O–H groups in total. The molecule has 3 nitrogen and oxygen atoms in total. The number of carbonyl (C=O) groups excluding carboxylic acids is 1. The summed E-state index contributed by atoms with van der Waals surface area (Å²) >= 11 is 0. The molecule has 0 bridgehead atoms. The van der Waals surface area contributed by atoms with E-state index in [0.717, 1.165) is 16.7 Å². The van der Waals surface area contributed by atoms with Crippen LogP contribution in [-0.4, -0.2) is 17.6 Å². The molecule has 3 heteroatoms. The lowest BCUT2D eigenvalue weighted by Gasteiger charge is -2.01. The summed E-state index contributed by atoms with van der Waals surface area (Å²) in [6.07, 6.45) is 0. The van der Waals surface area contributed by atoms with Crippen LogP contribution in [0, 0.1) is 18.8 Å². The standard InChI is InChI=1S/C13H15NO2/c1-10-8-12(9-15)5-6-13(10)4-3-7-14-11(2)16/h5-6,8,15H,7,9H2,1-2H3,(H,14,16). The highest BCUT2D eigenvalue weighted by atomic mass is 16.3. The van der Waals surface area contributed by atoms with Crippen LogP contribution in [0.4, 0.5) is 0 Å². The Hall–Kier alpha value is -1.79. The Kier molecular flexibility index (Phi) is 4.56. The molecule has 1 amide bonds. The van der Waals surface area contributed by atoms with E-state index in [4.69, 9.17) is 5.11 Å². The van der Waals surface area contributed by atoms with Gasteiger partial charge in [-0.1, -0.05) is 24.0 Å². The highest BCUT2D eigenvalue weighted by molar-refractivity contribution is 5.73. The monoisotopic (exact) mass is 217 g/mol. The molecule has 16 heavy (non-hydrogen) atoms. The number of rotatable bonds is 2. The molecule has 0 spiro atoms. The van der Waals surface area contributed by atoms with Crippen molar-refractivity contribution in [3.63, 3.8) is 0 Å². The number of carbonyl (C=O) groups is 1. The predicted octanol–water partition coefficient (Wildman–Crippen LogP) is 0.975. The van der Waals surface area contributed by atoms with Gasteiger partial charge < -0.3 is 10.4 Å². The minimum Gasteiger partial charge on any atom is -0.392 e. The summed E-state index contributed by atoms with van der Waals surface area (Å²) in [5.41, 5.74) is 2.83. The van der Waals surface area contributed by atoms with E-state index in [-0.39, 0.29) is 12.5 Å². The summed E-state index contributed by atoms with van der Waals surface area (Å²) in [4.78, 5) is 10.6. The maximum Gasteiger partial charge on any atom is 0.217 e. The van der Waals surface area contributed by atoms with E-state index in [0.29, 0.717) is 6.54 Å². The largest absolute Gasteiger partial charge is 0.392 e.